The molecule has 1 unspecified atom stereocenters. The van der Waals surface area contributed by atoms with E-state index in [1.54, 1.807) is 6.26 Å². The highest BCUT2D eigenvalue weighted by molar-refractivity contribution is 8.01. The van der Waals surface area contributed by atoms with Crippen molar-refractivity contribution >= 4 is 34.1 Å². The summed E-state index contributed by atoms with van der Waals surface area (Å²) in [5.74, 6) is 1.63. The predicted molar refractivity (Wildman–Crippen MR) is 89.1 cm³/mol. The van der Waals surface area contributed by atoms with E-state index in [-0.39, 0.29) is 11.9 Å². The summed E-state index contributed by atoms with van der Waals surface area (Å²) in [5.41, 5.74) is 0. The molecule has 0 saturated carbocycles. The molecule has 0 aliphatic heterocycles. The van der Waals surface area contributed by atoms with E-state index in [1.807, 2.05) is 19.1 Å². The summed E-state index contributed by atoms with van der Waals surface area (Å²) in [6.07, 6.45) is 1.63. The first kappa shape index (κ1) is 16.8. The first-order valence-electron chi connectivity index (χ1n) is 7.06. The largest absolute Gasteiger partial charge is 0.467 e. The van der Waals surface area contributed by atoms with E-state index < -0.39 is 0 Å². The lowest BCUT2D eigenvalue weighted by atomic mass is 10.1. The number of hydrogen-bond donors (Lipinski definition) is 2. The van der Waals surface area contributed by atoms with Crippen molar-refractivity contribution in [2.75, 3.05) is 11.1 Å². The fourth-order valence-corrected chi connectivity index (χ4v) is 3.06. The summed E-state index contributed by atoms with van der Waals surface area (Å²) in [5, 5.41) is 14.9. The SMILES string of the molecule is CC(C)C(C)NC(=O)CSc1nnc(NCc2ccco2)s1. The van der Waals surface area contributed by atoms with Crippen molar-refractivity contribution in [1.29, 1.82) is 0 Å². The van der Waals surface area contributed by atoms with Crippen molar-refractivity contribution in [3.05, 3.63) is 24.2 Å². The van der Waals surface area contributed by atoms with Gasteiger partial charge in [0.05, 0.1) is 18.6 Å². The molecule has 2 N–H and O–H groups in total. The number of anilines is 1. The maximum Gasteiger partial charge on any atom is 0.230 e. The highest BCUT2D eigenvalue weighted by atomic mass is 32.2. The van der Waals surface area contributed by atoms with E-state index in [4.69, 9.17) is 4.42 Å². The Morgan fingerprint density at radius 3 is 2.91 bits per heavy atom. The molecule has 0 bridgehead atoms. The van der Waals surface area contributed by atoms with Crippen LogP contribution in [0.3, 0.4) is 0 Å². The van der Waals surface area contributed by atoms with Crippen molar-refractivity contribution in [2.45, 2.75) is 37.7 Å². The lowest BCUT2D eigenvalue weighted by Crippen LogP contribution is -2.37. The minimum Gasteiger partial charge on any atom is -0.467 e. The molecule has 2 aromatic rings. The monoisotopic (exact) mass is 340 g/mol. The van der Waals surface area contributed by atoms with Gasteiger partial charge >= 0.3 is 0 Å². The fraction of sp³-hybridized carbons (Fsp3) is 0.500. The average Bonchev–Trinajstić information content (AvgIpc) is 3.14. The van der Waals surface area contributed by atoms with Crippen molar-refractivity contribution in [1.82, 2.24) is 15.5 Å². The highest BCUT2D eigenvalue weighted by Gasteiger charge is 2.12. The van der Waals surface area contributed by atoms with E-state index in [0.29, 0.717) is 18.2 Å². The van der Waals surface area contributed by atoms with Gasteiger partial charge < -0.3 is 15.1 Å². The van der Waals surface area contributed by atoms with Crippen molar-refractivity contribution in [3.8, 4) is 0 Å². The van der Waals surface area contributed by atoms with Crippen molar-refractivity contribution in [2.24, 2.45) is 5.92 Å². The number of aromatic nitrogens is 2. The van der Waals surface area contributed by atoms with Gasteiger partial charge in [-0.2, -0.15) is 0 Å². The molecule has 0 aromatic carbocycles. The van der Waals surface area contributed by atoms with Crippen LogP contribution in [0.25, 0.3) is 0 Å². The molecule has 0 saturated heterocycles. The Morgan fingerprint density at radius 2 is 2.23 bits per heavy atom. The first-order chi connectivity index (χ1) is 10.5. The predicted octanol–water partition coefficient (Wildman–Crippen LogP) is 3.00. The molecular formula is C14H20N4O2S2. The van der Waals surface area contributed by atoms with Crippen LogP contribution >= 0.6 is 23.1 Å². The Balaban J connectivity index is 1.73. The van der Waals surface area contributed by atoms with Crippen LogP contribution in [0.15, 0.2) is 27.2 Å². The molecule has 22 heavy (non-hydrogen) atoms. The van der Waals surface area contributed by atoms with Crippen LogP contribution in [0.4, 0.5) is 5.13 Å². The third-order valence-corrected chi connectivity index (χ3v) is 5.13. The van der Waals surface area contributed by atoms with E-state index in [0.717, 1.165) is 15.2 Å². The number of carbonyl (C=O) groups is 1. The summed E-state index contributed by atoms with van der Waals surface area (Å²) in [6, 6.07) is 3.91. The zero-order chi connectivity index (χ0) is 15.9. The zero-order valence-corrected chi connectivity index (χ0v) is 14.5. The summed E-state index contributed by atoms with van der Waals surface area (Å²) >= 11 is 2.83. The lowest BCUT2D eigenvalue weighted by molar-refractivity contribution is -0.119. The fourth-order valence-electron chi connectivity index (χ4n) is 1.50. The number of nitrogens with one attached hydrogen (secondary N) is 2. The summed E-state index contributed by atoms with van der Waals surface area (Å²) in [4.78, 5) is 11.8. The molecule has 0 spiro atoms. The van der Waals surface area contributed by atoms with Crippen LogP contribution in [-0.4, -0.2) is 27.9 Å². The maximum atomic E-state index is 11.8. The molecule has 6 nitrogen and oxygen atoms in total. The average molecular weight is 340 g/mol. The Kier molecular flexibility index (Phi) is 6.26. The summed E-state index contributed by atoms with van der Waals surface area (Å²) < 4.78 is 6.01. The Morgan fingerprint density at radius 1 is 1.41 bits per heavy atom. The Hall–Kier alpha value is -1.54. The molecule has 2 heterocycles. The van der Waals surface area contributed by atoms with Gasteiger partial charge in [0.15, 0.2) is 4.34 Å². The molecular weight excluding hydrogens is 320 g/mol. The van der Waals surface area contributed by atoms with Gasteiger partial charge in [-0.15, -0.1) is 10.2 Å². The number of amides is 1. The van der Waals surface area contributed by atoms with E-state index in [1.165, 1.54) is 23.1 Å². The molecule has 0 aliphatic carbocycles. The molecule has 120 valence electrons. The number of furan rings is 1. The first-order valence-corrected chi connectivity index (χ1v) is 8.86. The van der Waals surface area contributed by atoms with Gasteiger partial charge in [0.2, 0.25) is 11.0 Å². The minimum absolute atomic E-state index is 0.0199. The third kappa shape index (κ3) is 5.34. The molecule has 0 aliphatic rings. The van der Waals surface area contributed by atoms with Crippen LogP contribution in [0, 0.1) is 5.92 Å². The van der Waals surface area contributed by atoms with Gasteiger partial charge in [-0.1, -0.05) is 36.9 Å². The number of rotatable bonds is 8. The quantitative estimate of drug-likeness (QED) is 0.719. The minimum atomic E-state index is 0.0199. The van der Waals surface area contributed by atoms with Gasteiger partial charge in [-0.25, -0.2) is 0 Å². The Bertz CT molecular complexity index is 583. The number of hydrogen-bond acceptors (Lipinski definition) is 7. The number of nitrogens with zero attached hydrogens (tertiary/aromatic N) is 2. The molecule has 0 radical (unpaired) electrons. The topological polar surface area (TPSA) is 80.0 Å². The van der Waals surface area contributed by atoms with Gasteiger partial charge in [0, 0.05) is 6.04 Å². The summed E-state index contributed by atoms with van der Waals surface area (Å²) in [7, 11) is 0. The van der Waals surface area contributed by atoms with Crippen molar-refractivity contribution in [3.63, 3.8) is 0 Å². The summed E-state index contributed by atoms with van der Waals surface area (Å²) in [6.45, 7) is 6.74. The Labute approximate surface area is 138 Å². The van der Waals surface area contributed by atoms with Crippen LogP contribution in [-0.2, 0) is 11.3 Å². The number of thioether (sulfide) groups is 1. The van der Waals surface area contributed by atoms with Gasteiger partial charge in [0.1, 0.15) is 5.76 Å². The second kappa shape index (κ2) is 8.19. The second-order valence-corrected chi connectivity index (χ2v) is 7.39. The van der Waals surface area contributed by atoms with Crippen LogP contribution in [0.2, 0.25) is 0 Å². The van der Waals surface area contributed by atoms with E-state index in [2.05, 4.69) is 34.7 Å². The molecule has 2 aromatic heterocycles. The smallest absolute Gasteiger partial charge is 0.230 e. The van der Waals surface area contributed by atoms with Crippen LogP contribution in [0.1, 0.15) is 26.5 Å². The highest BCUT2D eigenvalue weighted by Crippen LogP contribution is 2.25. The normalized spacial score (nSPS) is 12.4. The third-order valence-electron chi connectivity index (χ3n) is 3.12. The van der Waals surface area contributed by atoms with Crippen LogP contribution < -0.4 is 10.6 Å². The molecule has 2 rings (SSSR count). The van der Waals surface area contributed by atoms with Crippen LogP contribution in [0.5, 0.6) is 0 Å². The zero-order valence-electron chi connectivity index (χ0n) is 12.8. The van der Waals surface area contributed by atoms with Gasteiger partial charge in [0.25, 0.3) is 0 Å². The van der Waals surface area contributed by atoms with E-state index in [9.17, 15) is 4.79 Å². The molecule has 0 fully saturated rings. The second-order valence-electron chi connectivity index (χ2n) is 5.19. The number of carbonyl (C=O) groups excluding carboxylic acids is 1. The lowest BCUT2D eigenvalue weighted by Gasteiger charge is -2.16. The van der Waals surface area contributed by atoms with Gasteiger partial charge in [-0.05, 0) is 25.0 Å². The molecule has 1 amide bonds. The van der Waals surface area contributed by atoms with E-state index >= 15 is 0 Å². The molecule has 1 atom stereocenters. The molecule has 8 heteroatoms. The standard InChI is InChI=1S/C14H20N4O2S2/c1-9(2)10(3)16-12(19)8-21-14-18-17-13(22-14)15-7-11-5-4-6-20-11/h4-6,9-10H,7-8H2,1-3H3,(H,15,17)(H,16,19). The maximum absolute atomic E-state index is 11.8. The van der Waals surface area contributed by atoms with Gasteiger partial charge in [-0.3, -0.25) is 4.79 Å². The van der Waals surface area contributed by atoms with Crippen molar-refractivity contribution < 1.29 is 9.21 Å².